The average Bonchev–Trinajstić information content (AvgIpc) is 2.37. The fourth-order valence-electron chi connectivity index (χ4n) is 2.02. The van der Waals surface area contributed by atoms with Crippen molar-refractivity contribution in [3.8, 4) is 0 Å². The van der Waals surface area contributed by atoms with Crippen molar-refractivity contribution in [2.24, 2.45) is 0 Å². The second-order valence-corrected chi connectivity index (χ2v) is 8.58. The predicted octanol–water partition coefficient (Wildman–Crippen LogP) is 2.19. The van der Waals surface area contributed by atoms with E-state index in [0.717, 1.165) is 17.7 Å². The van der Waals surface area contributed by atoms with Crippen molar-refractivity contribution < 1.29 is 13.2 Å². The molecule has 0 bridgehead atoms. The van der Waals surface area contributed by atoms with E-state index < -0.39 is 15.2 Å². The first-order valence-electron chi connectivity index (χ1n) is 5.71. The topological polar surface area (TPSA) is 54.5 Å². The van der Waals surface area contributed by atoms with Crippen LogP contribution >= 0.6 is 27.7 Å². The van der Waals surface area contributed by atoms with Crippen LogP contribution in [-0.2, 0) is 9.84 Å². The van der Waals surface area contributed by atoms with Gasteiger partial charge in [0.1, 0.15) is 5.37 Å². The molecule has 1 atom stereocenters. The van der Waals surface area contributed by atoms with Crippen molar-refractivity contribution in [1.82, 2.24) is 0 Å². The van der Waals surface area contributed by atoms with Gasteiger partial charge in [0.05, 0.1) is 0 Å². The molecule has 1 aliphatic heterocycles. The molecule has 0 N–H and O–H groups in total. The van der Waals surface area contributed by atoms with Crippen LogP contribution in [-0.4, -0.2) is 44.4 Å². The summed E-state index contributed by atoms with van der Waals surface area (Å²) in [6.45, 7) is 0.690. The summed E-state index contributed by atoms with van der Waals surface area (Å²) in [6.07, 6.45) is 2.04. The Morgan fingerprint density at radius 3 is 2.79 bits per heavy atom. The number of hydrogen-bond donors (Lipinski definition) is 0. The molecule has 0 aromatic heterocycles. The number of rotatable bonds is 3. The van der Waals surface area contributed by atoms with Crippen LogP contribution in [0.1, 0.15) is 10.4 Å². The van der Waals surface area contributed by atoms with E-state index in [1.165, 1.54) is 6.26 Å². The second-order valence-electron chi connectivity index (χ2n) is 4.38. The summed E-state index contributed by atoms with van der Waals surface area (Å²) in [4.78, 5) is 12.7. The minimum atomic E-state index is -3.13. The summed E-state index contributed by atoms with van der Waals surface area (Å²) in [5.74, 6) is 1.48. The van der Waals surface area contributed by atoms with Crippen molar-refractivity contribution in [3.05, 3.63) is 28.2 Å². The van der Waals surface area contributed by atoms with E-state index in [0.29, 0.717) is 22.3 Å². The third kappa shape index (κ3) is 3.32. The van der Waals surface area contributed by atoms with Crippen molar-refractivity contribution in [2.75, 3.05) is 29.2 Å². The second kappa shape index (κ2) is 5.85. The summed E-state index contributed by atoms with van der Waals surface area (Å²) >= 11 is 4.98. The van der Waals surface area contributed by atoms with Crippen molar-refractivity contribution >= 4 is 49.5 Å². The summed E-state index contributed by atoms with van der Waals surface area (Å²) < 4.78 is 24.4. The number of aldehydes is 1. The van der Waals surface area contributed by atoms with Crippen LogP contribution < -0.4 is 4.90 Å². The Labute approximate surface area is 125 Å². The Hall–Kier alpha value is -0.530. The summed E-state index contributed by atoms with van der Waals surface area (Å²) in [5.41, 5.74) is 1.39. The lowest BCUT2D eigenvalue weighted by atomic mass is 10.2. The number of benzene rings is 1. The molecule has 1 fully saturated rings. The number of hydrogen-bond acceptors (Lipinski definition) is 5. The maximum atomic E-state index is 11.9. The van der Waals surface area contributed by atoms with Crippen LogP contribution in [0.2, 0.25) is 0 Å². The number of halogens is 1. The molecule has 0 saturated carbocycles. The lowest BCUT2D eigenvalue weighted by Crippen LogP contribution is -2.47. The first-order chi connectivity index (χ1) is 8.93. The molecule has 1 saturated heterocycles. The molecule has 0 radical (unpaired) electrons. The van der Waals surface area contributed by atoms with Gasteiger partial charge in [0.25, 0.3) is 0 Å². The van der Waals surface area contributed by atoms with E-state index in [1.807, 2.05) is 4.90 Å². The van der Waals surface area contributed by atoms with Gasteiger partial charge in [-0.2, -0.15) is 11.8 Å². The van der Waals surface area contributed by atoms with E-state index in [4.69, 9.17) is 0 Å². The molecule has 0 aliphatic carbocycles. The smallest absolute Gasteiger partial charge is 0.169 e. The van der Waals surface area contributed by atoms with Gasteiger partial charge in [0, 0.05) is 40.0 Å². The molecule has 19 heavy (non-hydrogen) atoms. The lowest BCUT2D eigenvalue weighted by Gasteiger charge is -2.36. The Kier molecular flexibility index (Phi) is 4.58. The third-order valence-corrected chi connectivity index (χ3v) is 6.35. The highest BCUT2D eigenvalue weighted by Crippen LogP contribution is 2.29. The molecule has 1 aromatic rings. The molecule has 1 unspecified atom stereocenters. The zero-order chi connectivity index (χ0) is 14.0. The van der Waals surface area contributed by atoms with E-state index in [9.17, 15) is 13.2 Å². The maximum absolute atomic E-state index is 11.9. The molecule has 1 aromatic carbocycles. The first-order valence-corrected chi connectivity index (χ1v) is 9.61. The number of nitrogens with zero attached hydrogens (tertiary/aromatic N) is 1. The predicted molar refractivity (Wildman–Crippen MR) is 82.8 cm³/mol. The number of anilines is 1. The minimum absolute atomic E-state index is 0.500. The average molecular weight is 364 g/mol. The number of sulfone groups is 1. The van der Waals surface area contributed by atoms with Gasteiger partial charge in [-0.25, -0.2) is 8.42 Å². The van der Waals surface area contributed by atoms with Gasteiger partial charge in [-0.05, 0) is 34.1 Å². The Morgan fingerprint density at radius 1 is 1.47 bits per heavy atom. The van der Waals surface area contributed by atoms with Crippen LogP contribution in [0.25, 0.3) is 0 Å². The monoisotopic (exact) mass is 363 g/mol. The Morgan fingerprint density at radius 2 is 2.21 bits per heavy atom. The Bertz CT molecular complexity index is 589. The minimum Gasteiger partial charge on any atom is -0.353 e. The number of carbonyl (C=O) groups excluding carboxylic acids is 1. The zero-order valence-electron chi connectivity index (χ0n) is 10.4. The van der Waals surface area contributed by atoms with Gasteiger partial charge >= 0.3 is 0 Å². The molecule has 1 aliphatic rings. The van der Waals surface area contributed by atoms with Gasteiger partial charge in [0.15, 0.2) is 16.1 Å². The summed E-state index contributed by atoms with van der Waals surface area (Å²) in [5, 5.41) is -0.500. The van der Waals surface area contributed by atoms with Crippen molar-refractivity contribution in [3.63, 3.8) is 0 Å². The fraction of sp³-hybridized carbons (Fsp3) is 0.417. The van der Waals surface area contributed by atoms with Crippen molar-refractivity contribution in [2.45, 2.75) is 5.37 Å². The van der Waals surface area contributed by atoms with E-state index in [-0.39, 0.29) is 0 Å². The third-order valence-electron chi connectivity index (χ3n) is 3.02. The van der Waals surface area contributed by atoms with Crippen LogP contribution in [0.4, 0.5) is 5.69 Å². The van der Waals surface area contributed by atoms with E-state index in [1.54, 1.807) is 30.0 Å². The van der Waals surface area contributed by atoms with E-state index >= 15 is 0 Å². The van der Waals surface area contributed by atoms with Crippen LogP contribution in [0.3, 0.4) is 0 Å². The van der Waals surface area contributed by atoms with Crippen molar-refractivity contribution in [1.29, 1.82) is 0 Å². The molecule has 0 spiro atoms. The normalized spacial score (nSPS) is 20.3. The standard InChI is InChI=1S/C12H14BrNO3S2/c1-19(16,17)12-8-18-5-4-14(12)10-3-2-9(7-15)11(13)6-10/h2-3,6-7,12H,4-5,8H2,1H3. The summed E-state index contributed by atoms with van der Waals surface area (Å²) in [7, 11) is -3.13. The van der Waals surface area contributed by atoms with Gasteiger partial charge in [-0.15, -0.1) is 0 Å². The fourth-order valence-corrected chi connectivity index (χ4v) is 5.32. The van der Waals surface area contributed by atoms with Crippen LogP contribution in [0, 0.1) is 0 Å². The van der Waals surface area contributed by atoms with Crippen LogP contribution in [0.15, 0.2) is 22.7 Å². The molecule has 4 nitrogen and oxygen atoms in total. The molecule has 104 valence electrons. The maximum Gasteiger partial charge on any atom is 0.169 e. The van der Waals surface area contributed by atoms with Gasteiger partial charge in [-0.1, -0.05) is 0 Å². The molecule has 1 heterocycles. The highest BCUT2D eigenvalue weighted by atomic mass is 79.9. The van der Waals surface area contributed by atoms with Crippen LogP contribution in [0.5, 0.6) is 0 Å². The number of thioether (sulfide) groups is 1. The van der Waals surface area contributed by atoms with E-state index in [2.05, 4.69) is 15.9 Å². The van der Waals surface area contributed by atoms with Gasteiger partial charge < -0.3 is 4.90 Å². The number of carbonyl (C=O) groups is 1. The quantitative estimate of drug-likeness (QED) is 0.770. The molecule has 0 amide bonds. The SMILES string of the molecule is CS(=O)(=O)C1CSCCN1c1ccc(C=O)c(Br)c1. The highest BCUT2D eigenvalue weighted by molar-refractivity contribution is 9.10. The first kappa shape index (κ1) is 14.9. The zero-order valence-corrected chi connectivity index (χ0v) is 13.6. The molecular formula is C12H14BrNO3S2. The Balaban J connectivity index is 2.38. The van der Waals surface area contributed by atoms with Gasteiger partial charge in [0.2, 0.25) is 0 Å². The largest absolute Gasteiger partial charge is 0.353 e. The van der Waals surface area contributed by atoms with Gasteiger partial charge in [-0.3, -0.25) is 4.79 Å². The highest BCUT2D eigenvalue weighted by Gasteiger charge is 2.31. The molecule has 2 rings (SSSR count). The molecule has 7 heteroatoms. The lowest BCUT2D eigenvalue weighted by molar-refractivity contribution is 0.112. The molecular weight excluding hydrogens is 350 g/mol. The summed E-state index contributed by atoms with van der Waals surface area (Å²) in [6, 6.07) is 5.30.